The van der Waals surface area contributed by atoms with Crippen LogP contribution in [0.1, 0.15) is 39.2 Å². The molecule has 0 radical (unpaired) electrons. The first-order valence-corrected chi connectivity index (χ1v) is 7.47. The average molecular weight is 279 g/mol. The summed E-state index contributed by atoms with van der Waals surface area (Å²) in [5, 5.41) is 3.33. The highest BCUT2D eigenvalue weighted by atomic mass is 16.5. The molecule has 0 saturated carbocycles. The second-order valence-electron chi connectivity index (χ2n) is 6.07. The molecule has 0 spiro atoms. The van der Waals surface area contributed by atoms with E-state index in [1.165, 1.54) is 5.56 Å². The molecule has 0 atom stereocenters. The Morgan fingerprint density at radius 3 is 2.25 bits per heavy atom. The van der Waals surface area contributed by atoms with E-state index in [2.05, 4.69) is 50.4 Å². The fraction of sp³-hybridized carbons (Fsp3) is 0.647. The van der Waals surface area contributed by atoms with Gasteiger partial charge in [-0.3, -0.25) is 0 Å². The summed E-state index contributed by atoms with van der Waals surface area (Å²) in [6, 6.07) is 8.44. The zero-order chi connectivity index (χ0) is 14.8. The predicted molar refractivity (Wildman–Crippen MR) is 84.6 cm³/mol. The summed E-state index contributed by atoms with van der Waals surface area (Å²) in [7, 11) is 1.72. The third kappa shape index (κ3) is 6.92. The lowest BCUT2D eigenvalue weighted by Crippen LogP contribution is -2.20. The highest BCUT2D eigenvalue weighted by Gasteiger charge is 2.12. The minimum Gasteiger partial charge on any atom is -0.494 e. The number of hydrogen-bond donors (Lipinski definition) is 1. The van der Waals surface area contributed by atoms with Crippen LogP contribution >= 0.6 is 0 Å². The van der Waals surface area contributed by atoms with Gasteiger partial charge in [0.05, 0.1) is 13.2 Å². The van der Waals surface area contributed by atoms with E-state index in [1.54, 1.807) is 7.11 Å². The second kappa shape index (κ2) is 8.98. The van der Waals surface area contributed by atoms with Gasteiger partial charge in [-0.05, 0) is 42.5 Å². The molecule has 0 amide bonds. The smallest absolute Gasteiger partial charge is 0.119 e. The SMILES string of the molecule is COCCNCCCCOc1ccc(C(C)(C)C)cc1. The molecular weight excluding hydrogens is 250 g/mol. The van der Waals surface area contributed by atoms with E-state index in [4.69, 9.17) is 9.47 Å². The molecule has 0 saturated heterocycles. The van der Waals surface area contributed by atoms with Crippen molar-refractivity contribution in [3.8, 4) is 5.75 Å². The zero-order valence-electron chi connectivity index (χ0n) is 13.4. The number of ether oxygens (including phenoxy) is 2. The molecule has 3 nitrogen and oxygen atoms in total. The first kappa shape index (κ1) is 17.0. The third-order valence-corrected chi connectivity index (χ3v) is 3.22. The Hall–Kier alpha value is -1.06. The quantitative estimate of drug-likeness (QED) is 0.703. The van der Waals surface area contributed by atoms with Gasteiger partial charge in [0.1, 0.15) is 5.75 Å². The Kier molecular flexibility index (Phi) is 7.63. The normalized spacial score (nSPS) is 11.6. The molecule has 114 valence electrons. The maximum absolute atomic E-state index is 5.75. The molecule has 0 unspecified atom stereocenters. The van der Waals surface area contributed by atoms with E-state index in [-0.39, 0.29) is 5.41 Å². The maximum Gasteiger partial charge on any atom is 0.119 e. The topological polar surface area (TPSA) is 30.5 Å². The molecular formula is C17H29NO2. The zero-order valence-corrected chi connectivity index (χ0v) is 13.4. The van der Waals surface area contributed by atoms with Gasteiger partial charge in [0.15, 0.2) is 0 Å². The van der Waals surface area contributed by atoms with Crippen molar-refractivity contribution in [3.05, 3.63) is 29.8 Å². The lowest BCUT2D eigenvalue weighted by molar-refractivity contribution is 0.199. The first-order chi connectivity index (χ1) is 9.54. The summed E-state index contributed by atoms with van der Waals surface area (Å²) in [6.07, 6.45) is 2.20. The number of nitrogens with one attached hydrogen (secondary N) is 1. The Morgan fingerprint density at radius 2 is 1.65 bits per heavy atom. The average Bonchev–Trinajstić information content (AvgIpc) is 2.41. The highest BCUT2D eigenvalue weighted by molar-refractivity contribution is 5.31. The van der Waals surface area contributed by atoms with Gasteiger partial charge < -0.3 is 14.8 Å². The van der Waals surface area contributed by atoms with E-state index in [0.717, 1.165) is 44.9 Å². The van der Waals surface area contributed by atoms with Gasteiger partial charge in [-0.25, -0.2) is 0 Å². The van der Waals surface area contributed by atoms with Crippen molar-refractivity contribution in [1.29, 1.82) is 0 Å². The molecule has 0 aliphatic heterocycles. The largest absolute Gasteiger partial charge is 0.494 e. The van der Waals surface area contributed by atoms with Crippen molar-refractivity contribution in [2.75, 3.05) is 33.4 Å². The van der Waals surface area contributed by atoms with E-state index < -0.39 is 0 Å². The maximum atomic E-state index is 5.75. The van der Waals surface area contributed by atoms with Gasteiger partial charge in [0, 0.05) is 13.7 Å². The van der Waals surface area contributed by atoms with Crippen LogP contribution in [-0.2, 0) is 10.2 Å². The summed E-state index contributed by atoms with van der Waals surface area (Å²) in [4.78, 5) is 0. The van der Waals surface area contributed by atoms with Crippen LogP contribution < -0.4 is 10.1 Å². The Balaban J connectivity index is 2.13. The van der Waals surface area contributed by atoms with Crippen molar-refractivity contribution in [3.63, 3.8) is 0 Å². The van der Waals surface area contributed by atoms with Gasteiger partial charge in [-0.2, -0.15) is 0 Å². The van der Waals surface area contributed by atoms with Crippen molar-refractivity contribution >= 4 is 0 Å². The van der Waals surface area contributed by atoms with Crippen LogP contribution in [0.2, 0.25) is 0 Å². The van der Waals surface area contributed by atoms with E-state index in [1.807, 2.05) is 0 Å². The molecule has 20 heavy (non-hydrogen) atoms. The van der Waals surface area contributed by atoms with E-state index in [9.17, 15) is 0 Å². The molecule has 1 rings (SSSR count). The number of unbranched alkanes of at least 4 members (excludes halogenated alkanes) is 1. The van der Waals surface area contributed by atoms with Crippen LogP contribution in [0.4, 0.5) is 0 Å². The van der Waals surface area contributed by atoms with Crippen LogP contribution in [0.15, 0.2) is 24.3 Å². The Bertz CT molecular complexity index is 354. The molecule has 0 aliphatic carbocycles. The van der Waals surface area contributed by atoms with Crippen LogP contribution in [-0.4, -0.2) is 33.4 Å². The lowest BCUT2D eigenvalue weighted by atomic mass is 9.87. The van der Waals surface area contributed by atoms with Crippen LogP contribution in [0.3, 0.4) is 0 Å². The molecule has 0 heterocycles. The van der Waals surface area contributed by atoms with Crippen molar-refractivity contribution in [2.24, 2.45) is 0 Å². The first-order valence-electron chi connectivity index (χ1n) is 7.47. The van der Waals surface area contributed by atoms with Gasteiger partial charge in [-0.15, -0.1) is 0 Å². The monoisotopic (exact) mass is 279 g/mol. The summed E-state index contributed by atoms with van der Waals surface area (Å²) >= 11 is 0. The fourth-order valence-corrected chi connectivity index (χ4v) is 1.89. The summed E-state index contributed by atoms with van der Waals surface area (Å²) < 4.78 is 10.7. The molecule has 3 heteroatoms. The third-order valence-electron chi connectivity index (χ3n) is 3.22. The molecule has 0 aliphatic rings. The van der Waals surface area contributed by atoms with Crippen LogP contribution in [0.5, 0.6) is 5.75 Å². The molecule has 0 aromatic heterocycles. The molecule has 0 bridgehead atoms. The van der Waals surface area contributed by atoms with Crippen LogP contribution in [0.25, 0.3) is 0 Å². The molecule has 0 fully saturated rings. The predicted octanol–water partition coefficient (Wildman–Crippen LogP) is 3.38. The standard InChI is InChI=1S/C17H29NO2/c1-17(2,3)15-7-9-16(10-8-15)20-13-6-5-11-18-12-14-19-4/h7-10,18H,5-6,11-14H2,1-4H3. The second-order valence-corrected chi connectivity index (χ2v) is 6.07. The molecule has 1 aromatic carbocycles. The van der Waals surface area contributed by atoms with E-state index in [0.29, 0.717) is 0 Å². The van der Waals surface area contributed by atoms with Crippen LogP contribution in [0, 0.1) is 0 Å². The summed E-state index contributed by atoms with van der Waals surface area (Å²) in [5.74, 6) is 0.963. The van der Waals surface area contributed by atoms with Crippen molar-refractivity contribution in [2.45, 2.75) is 39.0 Å². The Labute approximate surface area is 123 Å². The molecule has 1 N–H and O–H groups in total. The highest BCUT2D eigenvalue weighted by Crippen LogP contribution is 2.24. The van der Waals surface area contributed by atoms with Gasteiger partial charge >= 0.3 is 0 Å². The minimum absolute atomic E-state index is 0.201. The summed E-state index contributed by atoms with van der Waals surface area (Å²) in [5.41, 5.74) is 1.54. The minimum atomic E-state index is 0.201. The number of rotatable bonds is 9. The lowest BCUT2D eigenvalue weighted by Gasteiger charge is -2.19. The molecule has 1 aromatic rings. The Morgan fingerprint density at radius 1 is 0.950 bits per heavy atom. The fourth-order valence-electron chi connectivity index (χ4n) is 1.89. The van der Waals surface area contributed by atoms with Gasteiger partial charge in [-0.1, -0.05) is 32.9 Å². The summed E-state index contributed by atoms with van der Waals surface area (Å²) in [6.45, 7) is 10.2. The van der Waals surface area contributed by atoms with Crippen molar-refractivity contribution < 1.29 is 9.47 Å². The number of hydrogen-bond acceptors (Lipinski definition) is 3. The van der Waals surface area contributed by atoms with Gasteiger partial charge in [0.2, 0.25) is 0 Å². The van der Waals surface area contributed by atoms with Gasteiger partial charge in [0.25, 0.3) is 0 Å². The van der Waals surface area contributed by atoms with E-state index >= 15 is 0 Å². The number of benzene rings is 1. The van der Waals surface area contributed by atoms with Crippen molar-refractivity contribution in [1.82, 2.24) is 5.32 Å². The number of methoxy groups -OCH3 is 1.